The van der Waals surface area contributed by atoms with E-state index < -0.39 is 38.8 Å². The number of aromatic amines is 1. The summed E-state index contributed by atoms with van der Waals surface area (Å²) >= 11 is 2.21. The smallest absolute Gasteiger partial charge is 0.261 e. The topological polar surface area (TPSA) is 104 Å². The number of nitrogens with zero attached hydrogens (tertiary/aromatic N) is 1. The van der Waals surface area contributed by atoms with E-state index in [1.807, 2.05) is 24.3 Å². The van der Waals surface area contributed by atoms with E-state index in [2.05, 4.69) is 42.6 Å². The highest BCUT2D eigenvalue weighted by Gasteiger charge is 2.23. The molecular formula is C23H19F2IN4O3S. The summed E-state index contributed by atoms with van der Waals surface area (Å²) < 4.78 is 56.4. The molecule has 0 saturated heterocycles. The second-order valence-electron chi connectivity index (χ2n) is 7.49. The Balaban J connectivity index is 1.65. The summed E-state index contributed by atoms with van der Waals surface area (Å²) in [4.78, 5) is 20.1. The quantitative estimate of drug-likeness (QED) is 0.245. The molecule has 0 spiro atoms. The van der Waals surface area contributed by atoms with Gasteiger partial charge in [0.05, 0.1) is 23.3 Å². The summed E-state index contributed by atoms with van der Waals surface area (Å²) in [7, 11) is -3.83. The van der Waals surface area contributed by atoms with Crippen LogP contribution < -0.4 is 10.0 Å². The average molecular weight is 596 g/mol. The first-order valence-electron chi connectivity index (χ1n) is 10.2. The molecular weight excluding hydrogens is 577 g/mol. The van der Waals surface area contributed by atoms with Crippen LogP contribution in [0.25, 0.3) is 22.2 Å². The molecule has 2 aromatic heterocycles. The number of anilines is 2. The lowest BCUT2D eigenvalue weighted by atomic mass is 10.1. The number of rotatable bonds is 7. The van der Waals surface area contributed by atoms with Crippen LogP contribution in [0.4, 0.5) is 20.2 Å². The van der Waals surface area contributed by atoms with Crippen LogP contribution in [-0.4, -0.2) is 30.0 Å². The van der Waals surface area contributed by atoms with Gasteiger partial charge in [-0.15, -0.1) is 0 Å². The molecule has 0 saturated carbocycles. The van der Waals surface area contributed by atoms with E-state index in [0.717, 1.165) is 26.8 Å². The molecule has 4 aromatic rings. The van der Waals surface area contributed by atoms with Crippen molar-refractivity contribution in [3.8, 4) is 11.1 Å². The van der Waals surface area contributed by atoms with Crippen molar-refractivity contribution in [1.29, 1.82) is 0 Å². The highest BCUT2D eigenvalue weighted by atomic mass is 127. The van der Waals surface area contributed by atoms with Gasteiger partial charge in [0.15, 0.2) is 5.82 Å². The normalized spacial score (nSPS) is 11.5. The molecule has 0 unspecified atom stereocenters. The van der Waals surface area contributed by atoms with Crippen molar-refractivity contribution in [2.75, 3.05) is 15.8 Å². The number of hydrogen-bond acceptors (Lipinski definition) is 4. The Labute approximate surface area is 208 Å². The molecule has 3 N–H and O–H groups in total. The van der Waals surface area contributed by atoms with Crippen molar-refractivity contribution in [3.63, 3.8) is 0 Å². The number of H-pyrrole nitrogens is 1. The average Bonchev–Trinajstić information content (AvgIpc) is 3.19. The number of halogens is 3. The standard InChI is InChI=1S/C23H19F2IN4O3S/c1-2-9-34(32,33)30-19-8-7-18(24)20(21(19)25)23(31)29-15-10-16-17(12-28-22(16)27-11-15)13-3-5-14(26)6-4-13/h3-8,10-12,30H,2,9H2,1H3,(H,27,28)(H,29,31). The maximum atomic E-state index is 14.9. The zero-order valence-corrected chi connectivity index (χ0v) is 20.8. The number of amides is 1. The van der Waals surface area contributed by atoms with Crippen LogP contribution in [0.15, 0.2) is 54.9 Å². The molecule has 7 nitrogen and oxygen atoms in total. The Hall–Kier alpha value is -3.06. The van der Waals surface area contributed by atoms with Crippen molar-refractivity contribution in [3.05, 3.63) is 75.6 Å². The van der Waals surface area contributed by atoms with Crippen LogP contribution in [0.1, 0.15) is 23.7 Å². The predicted octanol–water partition coefficient (Wildman–Crippen LogP) is 5.52. The van der Waals surface area contributed by atoms with Gasteiger partial charge >= 0.3 is 0 Å². The number of nitrogens with one attached hydrogen (secondary N) is 3. The lowest BCUT2D eigenvalue weighted by Gasteiger charge is -2.12. The second-order valence-corrected chi connectivity index (χ2v) is 10.6. The van der Waals surface area contributed by atoms with E-state index in [0.29, 0.717) is 17.5 Å². The summed E-state index contributed by atoms with van der Waals surface area (Å²) in [6, 6.07) is 11.2. The molecule has 1 amide bonds. The molecule has 2 aromatic carbocycles. The monoisotopic (exact) mass is 596 g/mol. The van der Waals surface area contributed by atoms with Gasteiger partial charge in [-0.05, 0) is 64.9 Å². The first-order chi connectivity index (χ1) is 16.2. The molecule has 0 aliphatic rings. The van der Waals surface area contributed by atoms with E-state index in [1.54, 1.807) is 19.2 Å². The highest BCUT2D eigenvalue weighted by Crippen LogP contribution is 2.30. The van der Waals surface area contributed by atoms with E-state index >= 15 is 0 Å². The van der Waals surface area contributed by atoms with E-state index in [9.17, 15) is 22.0 Å². The molecule has 0 atom stereocenters. The molecule has 4 rings (SSSR count). The molecule has 11 heteroatoms. The van der Waals surface area contributed by atoms with E-state index in [1.165, 1.54) is 6.20 Å². The van der Waals surface area contributed by atoms with Crippen LogP contribution in [0.3, 0.4) is 0 Å². The summed E-state index contributed by atoms with van der Waals surface area (Å²) in [5.41, 5.74) is 1.18. The van der Waals surface area contributed by atoms with Crippen molar-refractivity contribution in [1.82, 2.24) is 9.97 Å². The van der Waals surface area contributed by atoms with Gasteiger partial charge in [0, 0.05) is 20.7 Å². The van der Waals surface area contributed by atoms with Gasteiger partial charge in [0.2, 0.25) is 10.0 Å². The molecule has 0 aliphatic carbocycles. The number of sulfonamides is 1. The fourth-order valence-electron chi connectivity index (χ4n) is 3.46. The lowest BCUT2D eigenvalue weighted by Crippen LogP contribution is -2.20. The van der Waals surface area contributed by atoms with Crippen molar-refractivity contribution in [2.45, 2.75) is 13.3 Å². The van der Waals surface area contributed by atoms with Crippen molar-refractivity contribution < 1.29 is 22.0 Å². The third-order valence-corrected chi connectivity index (χ3v) is 7.20. The third-order valence-electron chi connectivity index (χ3n) is 5.00. The number of hydrogen-bond donors (Lipinski definition) is 3. The largest absolute Gasteiger partial charge is 0.346 e. The molecule has 0 bridgehead atoms. The zero-order valence-electron chi connectivity index (χ0n) is 17.8. The number of fused-ring (bicyclic) bond motifs is 1. The van der Waals surface area contributed by atoms with Crippen LogP contribution in [0.2, 0.25) is 0 Å². The molecule has 0 fully saturated rings. The van der Waals surface area contributed by atoms with Gasteiger partial charge in [0.1, 0.15) is 17.0 Å². The van der Waals surface area contributed by atoms with Gasteiger partial charge < -0.3 is 10.3 Å². The molecule has 176 valence electrons. The van der Waals surface area contributed by atoms with Gasteiger partial charge in [0.25, 0.3) is 5.91 Å². The van der Waals surface area contributed by atoms with Crippen LogP contribution in [0.5, 0.6) is 0 Å². The Morgan fingerprint density at radius 1 is 1.15 bits per heavy atom. The van der Waals surface area contributed by atoms with E-state index in [4.69, 9.17) is 0 Å². The van der Waals surface area contributed by atoms with Gasteiger partial charge in [-0.25, -0.2) is 22.2 Å². The van der Waals surface area contributed by atoms with Crippen molar-refractivity contribution >= 4 is 60.9 Å². The Morgan fingerprint density at radius 3 is 2.59 bits per heavy atom. The Morgan fingerprint density at radius 2 is 1.88 bits per heavy atom. The highest BCUT2D eigenvalue weighted by molar-refractivity contribution is 14.1. The maximum absolute atomic E-state index is 14.9. The maximum Gasteiger partial charge on any atom is 0.261 e. The number of carbonyl (C=O) groups is 1. The first-order valence-corrected chi connectivity index (χ1v) is 12.9. The SMILES string of the molecule is CCCS(=O)(=O)Nc1ccc(F)c(C(=O)Nc2cnc3[nH]cc(-c4ccc(I)cc4)c3c2)c1F. The molecule has 34 heavy (non-hydrogen) atoms. The first kappa shape index (κ1) is 24.1. The Bertz CT molecular complexity index is 1490. The Kier molecular flexibility index (Phi) is 6.84. The summed E-state index contributed by atoms with van der Waals surface area (Å²) in [6.07, 6.45) is 3.46. The third kappa shape index (κ3) is 5.04. The fourth-order valence-corrected chi connectivity index (χ4v) is 4.95. The van der Waals surface area contributed by atoms with Crippen LogP contribution in [0, 0.1) is 15.2 Å². The van der Waals surface area contributed by atoms with Crippen molar-refractivity contribution in [2.24, 2.45) is 0 Å². The lowest BCUT2D eigenvalue weighted by molar-refractivity contribution is 0.101. The number of benzene rings is 2. The molecule has 0 aliphatic heterocycles. The summed E-state index contributed by atoms with van der Waals surface area (Å²) in [6.45, 7) is 1.65. The minimum atomic E-state index is -3.83. The van der Waals surface area contributed by atoms with Crippen LogP contribution >= 0.6 is 22.6 Å². The van der Waals surface area contributed by atoms with Gasteiger partial charge in [-0.1, -0.05) is 19.1 Å². The molecule has 2 heterocycles. The molecule has 0 radical (unpaired) electrons. The summed E-state index contributed by atoms with van der Waals surface area (Å²) in [5, 5.41) is 3.16. The van der Waals surface area contributed by atoms with Gasteiger partial charge in [-0.2, -0.15) is 0 Å². The van der Waals surface area contributed by atoms with Gasteiger partial charge in [-0.3, -0.25) is 9.52 Å². The minimum absolute atomic E-state index is 0.222. The number of aromatic nitrogens is 2. The van der Waals surface area contributed by atoms with E-state index in [-0.39, 0.29) is 11.4 Å². The minimum Gasteiger partial charge on any atom is -0.346 e. The fraction of sp³-hybridized carbons (Fsp3) is 0.130. The number of carbonyl (C=O) groups excluding carboxylic acids is 1. The second kappa shape index (κ2) is 9.66. The number of pyridine rings is 1. The summed E-state index contributed by atoms with van der Waals surface area (Å²) in [5.74, 6) is -3.73. The van der Waals surface area contributed by atoms with Crippen LogP contribution in [-0.2, 0) is 10.0 Å². The predicted molar refractivity (Wildman–Crippen MR) is 136 cm³/mol. The zero-order chi connectivity index (χ0) is 24.5.